The fraction of sp³-hybridized carbons (Fsp3) is 0.471. The van der Waals surface area contributed by atoms with E-state index in [0.29, 0.717) is 42.0 Å². The molecule has 5 heterocycles. The standard InChI is InChI=1S/C34H41N7O4/c1-22(2)39-14-16-40(17-15-39)33(42)24-5-9-26(10-6-24)36-34(43)35-25-7-3-23(4-8-25)31-37-30-13-18-44-21-29(30)32(38-31)41-19-27-11-12-28(20-41)45-27/h3-10,22,27-28H,11-21H2,1-2H3,(H2,35,36,43). The van der Waals surface area contributed by atoms with Crippen LogP contribution in [0.4, 0.5) is 22.0 Å². The Balaban J connectivity index is 0.979. The number of fused-ring (bicyclic) bond motifs is 3. The molecule has 2 bridgehead atoms. The number of morpholine rings is 1. The average molecular weight is 612 g/mol. The molecule has 2 atom stereocenters. The minimum Gasteiger partial charge on any atom is -0.376 e. The minimum atomic E-state index is -0.360. The summed E-state index contributed by atoms with van der Waals surface area (Å²) in [5, 5.41) is 5.75. The smallest absolute Gasteiger partial charge is 0.323 e. The van der Waals surface area contributed by atoms with Crippen molar-refractivity contribution in [1.29, 1.82) is 0 Å². The maximum atomic E-state index is 13.0. The lowest BCUT2D eigenvalue weighted by Crippen LogP contribution is -2.50. The highest BCUT2D eigenvalue weighted by molar-refractivity contribution is 6.00. The van der Waals surface area contributed by atoms with Crippen molar-refractivity contribution in [1.82, 2.24) is 19.8 Å². The Morgan fingerprint density at radius 1 is 0.867 bits per heavy atom. The van der Waals surface area contributed by atoms with E-state index in [4.69, 9.17) is 19.4 Å². The molecular weight excluding hydrogens is 570 g/mol. The second kappa shape index (κ2) is 12.7. The lowest BCUT2D eigenvalue weighted by atomic mass is 10.1. The van der Waals surface area contributed by atoms with E-state index in [1.165, 1.54) is 0 Å². The van der Waals surface area contributed by atoms with Gasteiger partial charge in [-0.15, -0.1) is 0 Å². The second-order valence-electron chi connectivity index (χ2n) is 12.6. The van der Waals surface area contributed by atoms with Crippen molar-refractivity contribution in [3.05, 3.63) is 65.4 Å². The molecule has 3 amide bonds. The molecule has 236 valence electrons. The van der Waals surface area contributed by atoms with Crippen LogP contribution in [0.5, 0.6) is 0 Å². The first-order valence-corrected chi connectivity index (χ1v) is 16.1. The van der Waals surface area contributed by atoms with Gasteiger partial charge in [0.2, 0.25) is 0 Å². The molecule has 11 heteroatoms. The van der Waals surface area contributed by atoms with Gasteiger partial charge in [0.05, 0.1) is 31.1 Å². The number of aromatic nitrogens is 2. The Bertz CT molecular complexity index is 1530. The number of hydrogen-bond acceptors (Lipinski definition) is 8. The number of nitrogens with zero attached hydrogens (tertiary/aromatic N) is 5. The van der Waals surface area contributed by atoms with Crippen LogP contribution in [0.1, 0.15) is 48.3 Å². The van der Waals surface area contributed by atoms with Gasteiger partial charge in [-0.2, -0.15) is 0 Å². The van der Waals surface area contributed by atoms with Crippen molar-refractivity contribution in [3.63, 3.8) is 0 Å². The number of hydrogen-bond donors (Lipinski definition) is 2. The van der Waals surface area contributed by atoms with Crippen molar-refractivity contribution >= 4 is 29.1 Å². The Labute approximate surface area is 263 Å². The number of amides is 3. The third-order valence-corrected chi connectivity index (χ3v) is 9.27. The van der Waals surface area contributed by atoms with E-state index in [0.717, 1.165) is 81.2 Å². The van der Waals surface area contributed by atoms with Gasteiger partial charge in [-0.05, 0) is 75.2 Å². The van der Waals surface area contributed by atoms with E-state index in [-0.39, 0.29) is 24.1 Å². The number of urea groups is 1. The Hall–Kier alpha value is -4.06. The van der Waals surface area contributed by atoms with Crippen LogP contribution in [0.3, 0.4) is 0 Å². The Morgan fingerprint density at radius 2 is 1.51 bits per heavy atom. The van der Waals surface area contributed by atoms with Gasteiger partial charge in [-0.25, -0.2) is 14.8 Å². The quantitative estimate of drug-likeness (QED) is 0.422. The van der Waals surface area contributed by atoms with E-state index >= 15 is 0 Å². The minimum absolute atomic E-state index is 0.0231. The highest BCUT2D eigenvalue weighted by Crippen LogP contribution is 2.34. The zero-order chi connectivity index (χ0) is 30.9. The molecule has 11 nitrogen and oxygen atoms in total. The first-order valence-electron chi connectivity index (χ1n) is 16.1. The summed E-state index contributed by atoms with van der Waals surface area (Å²) in [5.74, 6) is 1.66. The fourth-order valence-electron chi connectivity index (χ4n) is 6.71. The molecule has 4 aliphatic heterocycles. The number of carbonyl (C=O) groups excluding carboxylic acids is 2. The molecule has 0 spiro atoms. The predicted octanol–water partition coefficient (Wildman–Crippen LogP) is 4.39. The summed E-state index contributed by atoms with van der Waals surface area (Å²) >= 11 is 0. The molecule has 4 aliphatic rings. The first-order chi connectivity index (χ1) is 21.9. The Kier molecular flexibility index (Phi) is 8.39. The molecule has 2 unspecified atom stereocenters. The third-order valence-electron chi connectivity index (χ3n) is 9.27. The number of benzene rings is 2. The summed E-state index contributed by atoms with van der Waals surface area (Å²) in [6.45, 7) is 10.4. The van der Waals surface area contributed by atoms with E-state index in [2.05, 4.69) is 34.3 Å². The van der Waals surface area contributed by atoms with Crippen LogP contribution in [-0.4, -0.2) is 95.8 Å². The van der Waals surface area contributed by atoms with E-state index in [9.17, 15) is 9.59 Å². The molecule has 3 saturated heterocycles. The summed E-state index contributed by atoms with van der Waals surface area (Å²) in [5.41, 5.74) is 4.90. The van der Waals surface area contributed by atoms with Gasteiger partial charge in [-0.1, -0.05) is 0 Å². The normalized spacial score (nSPS) is 21.5. The molecule has 0 radical (unpaired) electrons. The first kappa shape index (κ1) is 29.6. The van der Waals surface area contributed by atoms with Crippen molar-refractivity contribution in [2.24, 2.45) is 0 Å². The summed E-state index contributed by atoms with van der Waals surface area (Å²) in [7, 11) is 0. The summed E-state index contributed by atoms with van der Waals surface area (Å²) in [6.07, 6.45) is 3.48. The van der Waals surface area contributed by atoms with Gasteiger partial charge in [-0.3, -0.25) is 9.69 Å². The van der Waals surface area contributed by atoms with Gasteiger partial charge in [0, 0.05) is 79.8 Å². The number of anilines is 3. The van der Waals surface area contributed by atoms with E-state index in [1.807, 2.05) is 29.2 Å². The van der Waals surface area contributed by atoms with Crippen LogP contribution in [-0.2, 0) is 22.5 Å². The van der Waals surface area contributed by atoms with Gasteiger partial charge in [0.1, 0.15) is 5.82 Å². The van der Waals surface area contributed by atoms with Crippen LogP contribution in [0, 0.1) is 0 Å². The average Bonchev–Trinajstić information content (AvgIpc) is 3.41. The molecule has 7 rings (SSSR count). The topological polar surface area (TPSA) is 112 Å². The molecule has 0 saturated carbocycles. The lowest BCUT2D eigenvalue weighted by molar-refractivity contribution is 0.0298. The van der Waals surface area contributed by atoms with Crippen molar-refractivity contribution in [2.45, 2.75) is 58.0 Å². The van der Waals surface area contributed by atoms with Crippen LogP contribution in [0.2, 0.25) is 0 Å². The maximum Gasteiger partial charge on any atom is 0.323 e. The zero-order valence-corrected chi connectivity index (χ0v) is 26.0. The number of ether oxygens (including phenoxy) is 2. The van der Waals surface area contributed by atoms with Gasteiger partial charge in [0.15, 0.2) is 5.82 Å². The maximum absolute atomic E-state index is 13.0. The Morgan fingerprint density at radius 3 is 2.16 bits per heavy atom. The third kappa shape index (κ3) is 6.51. The zero-order valence-electron chi connectivity index (χ0n) is 26.0. The molecule has 2 aromatic carbocycles. The molecule has 1 aromatic heterocycles. The fourth-order valence-corrected chi connectivity index (χ4v) is 6.71. The summed E-state index contributed by atoms with van der Waals surface area (Å²) in [4.78, 5) is 42.3. The monoisotopic (exact) mass is 611 g/mol. The summed E-state index contributed by atoms with van der Waals surface area (Å²) < 4.78 is 11.9. The van der Waals surface area contributed by atoms with Crippen LogP contribution >= 0.6 is 0 Å². The number of piperazine rings is 1. The molecule has 3 aromatic rings. The van der Waals surface area contributed by atoms with Gasteiger partial charge < -0.3 is 29.9 Å². The van der Waals surface area contributed by atoms with Crippen molar-refractivity contribution in [3.8, 4) is 11.4 Å². The highest BCUT2D eigenvalue weighted by atomic mass is 16.5. The van der Waals surface area contributed by atoms with Crippen LogP contribution in [0.25, 0.3) is 11.4 Å². The van der Waals surface area contributed by atoms with Crippen LogP contribution in [0.15, 0.2) is 48.5 Å². The summed E-state index contributed by atoms with van der Waals surface area (Å²) in [6, 6.07) is 14.8. The van der Waals surface area contributed by atoms with Gasteiger partial charge >= 0.3 is 6.03 Å². The molecule has 2 N–H and O–H groups in total. The van der Waals surface area contributed by atoms with E-state index < -0.39 is 0 Å². The molecule has 3 fully saturated rings. The molecule has 0 aliphatic carbocycles. The SMILES string of the molecule is CC(C)N1CCN(C(=O)c2ccc(NC(=O)Nc3ccc(-c4nc5c(c(N6CC7CCC(C6)O7)n4)COCC5)cc3)cc2)CC1. The highest BCUT2D eigenvalue weighted by Gasteiger charge is 2.36. The number of rotatable bonds is 6. The lowest BCUT2D eigenvalue weighted by Gasteiger charge is -2.37. The van der Waals surface area contributed by atoms with Crippen molar-refractivity contribution in [2.75, 3.05) is 61.4 Å². The number of carbonyl (C=O) groups is 2. The van der Waals surface area contributed by atoms with Crippen molar-refractivity contribution < 1.29 is 19.1 Å². The molecular formula is C34H41N7O4. The molecule has 45 heavy (non-hydrogen) atoms. The van der Waals surface area contributed by atoms with E-state index in [1.54, 1.807) is 24.3 Å². The van der Waals surface area contributed by atoms with Crippen LogP contribution < -0.4 is 15.5 Å². The second-order valence-corrected chi connectivity index (χ2v) is 12.6. The number of nitrogens with one attached hydrogen (secondary N) is 2. The largest absolute Gasteiger partial charge is 0.376 e. The van der Waals surface area contributed by atoms with Gasteiger partial charge in [0.25, 0.3) is 5.91 Å². The predicted molar refractivity (Wildman–Crippen MR) is 173 cm³/mol.